The van der Waals surface area contributed by atoms with Crippen LogP contribution < -0.4 is 0 Å². The van der Waals surface area contributed by atoms with E-state index in [0.717, 1.165) is 16.7 Å². The van der Waals surface area contributed by atoms with Crippen molar-refractivity contribution in [3.05, 3.63) is 59.1 Å². The summed E-state index contributed by atoms with van der Waals surface area (Å²) in [6.07, 6.45) is -7.58. The summed E-state index contributed by atoms with van der Waals surface area (Å²) in [4.78, 5) is 11.8. The lowest BCUT2D eigenvalue weighted by molar-refractivity contribution is -0.294. The minimum Gasteiger partial charge on any atom is -0.457 e. The van der Waals surface area contributed by atoms with Gasteiger partial charge in [-0.05, 0) is 53.9 Å². The van der Waals surface area contributed by atoms with E-state index in [1.54, 1.807) is 12.1 Å². The Bertz CT molecular complexity index is 922. The molecule has 0 amide bonds. The van der Waals surface area contributed by atoms with Gasteiger partial charge < -0.3 is 14.9 Å². The van der Waals surface area contributed by atoms with E-state index >= 15 is 0 Å². The minimum atomic E-state index is -5.87. The highest BCUT2D eigenvalue weighted by Crippen LogP contribution is 2.35. The van der Waals surface area contributed by atoms with Gasteiger partial charge in [-0.25, -0.2) is 4.79 Å². The van der Waals surface area contributed by atoms with Gasteiger partial charge in [0, 0.05) is 5.02 Å². The van der Waals surface area contributed by atoms with Gasteiger partial charge in [0.1, 0.15) is 0 Å². The second-order valence-electron chi connectivity index (χ2n) is 7.92. The molecule has 11 heteroatoms. The summed E-state index contributed by atoms with van der Waals surface area (Å²) in [5.41, 5.74) is 2.63. The molecule has 2 aromatic carbocycles. The molecule has 2 rings (SSSR count). The zero-order valence-electron chi connectivity index (χ0n) is 17.7. The van der Waals surface area contributed by atoms with E-state index in [0.29, 0.717) is 11.4 Å². The fourth-order valence-electron chi connectivity index (χ4n) is 3.33. The molecule has 0 aromatic heterocycles. The molecule has 2 aromatic rings. The minimum absolute atomic E-state index is 0.166. The standard InChI is InChI=1S/C22H23BClF5O4/c1-23(32)12-15(10-19(30)20(31)33-13-21(25,26)22(27,28)29)9-14-5-7-16(8-6-14)17-3-2-4-18(24)11-17/h2-8,11,15,19,30,32H,9-10,12-13H2,1H3/t15-,19-/m1/s1. The van der Waals surface area contributed by atoms with Crippen molar-refractivity contribution in [2.24, 2.45) is 5.92 Å². The molecule has 180 valence electrons. The molecule has 0 aliphatic heterocycles. The summed E-state index contributed by atoms with van der Waals surface area (Å²) in [5.74, 6) is -7.26. The fourth-order valence-corrected chi connectivity index (χ4v) is 3.52. The predicted molar refractivity (Wildman–Crippen MR) is 115 cm³/mol. The number of hydrogen-bond acceptors (Lipinski definition) is 4. The Morgan fingerprint density at radius 3 is 2.27 bits per heavy atom. The average Bonchev–Trinajstić information content (AvgIpc) is 2.71. The summed E-state index contributed by atoms with van der Waals surface area (Å²) in [6, 6.07) is 14.6. The molecule has 33 heavy (non-hydrogen) atoms. The topological polar surface area (TPSA) is 66.8 Å². The maximum absolute atomic E-state index is 12.9. The van der Waals surface area contributed by atoms with Crippen molar-refractivity contribution >= 4 is 24.5 Å². The molecule has 0 fully saturated rings. The zero-order valence-corrected chi connectivity index (χ0v) is 18.4. The van der Waals surface area contributed by atoms with Crippen LogP contribution in [0.3, 0.4) is 0 Å². The van der Waals surface area contributed by atoms with Gasteiger partial charge in [-0.15, -0.1) is 0 Å². The SMILES string of the molecule is CB(O)C[C@H](Cc1ccc(-c2cccc(Cl)c2)cc1)C[C@@H](O)C(=O)OCC(F)(F)C(F)(F)F. The number of carbonyl (C=O) groups excluding carboxylic acids is 1. The van der Waals surface area contributed by atoms with Crippen molar-refractivity contribution in [3.63, 3.8) is 0 Å². The lowest BCUT2D eigenvalue weighted by Crippen LogP contribution is -2.42. The summed E-state index contributed by atoms with van der Waals surface area (Å²) >= 11 is 6.00. The fraction of sp³-hybridized carbons (Fsp3) is 0.409. The van der Waals surface area contributed by atoms with Gasteiger partial charge >= 0.3 is 18.1 Å². The number of hydrogen-bond donors (Lipinski definition) is 2. The number of ether oxygens (including phenoxy) is 1. The molecule has 0 bridgehead atoms. The third-order valence-electron chi connectivity index (χ3n) is 4.95. The van der Waals surface area contributed by atoms with Crippen LogP contribution in [0.2, 0.25) is 18.2 Å². The highest BCUT2D eigenvalue weighted by Gasteiger charge is 2.58. The molecule has 0 radical (unpaired) electrons. The number of benzene rings is 2. The van der Waals surface area contributed by atoms with Crippen LogP contribution in [0, 0.1) is 5.92 Å². The van der Waals surface area contributed by atoms with Crippen molar-refractivity contribution in [2.45, 2.75) is 44.2 Å². The highest BCUT2D eigenvalue weighted by molar-refractivity contribution is 6.48. The van der Waals surface area contributed by atoms with Crippen molar-refractivity contribution < 1.29 is 41.6 Å². The van der Waals surface area contributed by atoms with Crippen molar-refractivity contribution in [2.75, 3.05) is 6.61 Å². The van der Waals surface area contributed by atoms with E-state index in [-0.39, 0.29) is 12.7 Å². The molecular formula is C22H23BClF5O4. The number of esters is 1. The zero-order chi connectivity index (χ0) is 24.8. The van der Waals surface area contributed by atoms with Crippen LogP contribution in [0.25, 0.3) is 11.1 Å². The molecule has 0 aliphatic rings. The van der Waals surface area contributed by atoms with Crippen LogP contribution in [-0.4, -0.2) is 47.8 Å². The Morgan fingerprint density at radius 2 is 1.73 bits per heavy atom. The van der Waals surface area contributed by atoms with Gasteiger partial charge in [-0.3, -0.25) is 0 Å². The summed E-state index contributed by atoms with van der Waals surface area (Å²) in [6.45, 7) is -1.50. The Kier molecular flexibility index (Phi) is 9.28. The molecule has 0 saturated carbocycles. The molecule has 0 aliphatic carbocycles. The molecule has 0 saturated heterocycles. The van der Waals surface area contributed by atoms with Crippen LogP contribution in [-0.2, 0) is 16.0 Å². The Labute approximate surface area is 193 Å². The summed E-state index contributed by atoms with van der Waals surface area (Å²) in [7, 11) is 0. The summed E-state index contributed by atoms with van der Waals surface area (Å²) < 4.78 is 66.4. The van der Waals surface area contributed by atoms with E-state index in [1.807, 2.05) is 36.4 Å². The maximum Gasteiger partial charge on any atom is 0.456 e. The molecule has 2 N–H and O–H groups in total. The summed E-state index contributed by atoms with van der Waals surface area (Å²) in [5, 5.41) is 20.3. The predicted octanol–water partition coefficient (Wildman–Crippen LogP) is 5.27. The van der Waals surface area contributed by atoms with Crippen molar-refractivity contribution in [3.8, 4) is 11.1 Å². The monoisotopic (exact) mass is 492 g/mol. The number of alkyl halides is 5. The van der Waals surface area contributed by atoms with E-state index in [2.05, 4.69) is 4.74 Å². The molecule has 2 atom stereocenters. The van der Waals surface area contributed by atoms with E-state index < -0.39 is 43.6 Å². The number of rotatable bonds is 10. The Morgan fingerprint density at radius 1 is 1.09 bits per heavy atom. The Balaban J connectivity index is 2.02. The quantitative estimate of drug-likeness (QED) is 0.269. The van der Waals surface area contributed by atoms with Gasteiger partial charge in [0.25, 0.3) is 6.92 Å². The Hall–Kier alpha value is -2.17. The smallest absolute Gasteiger partial charge is 0.456 e. The van der Waals surface area contributed by atoms with E-state index in [9.17, 15) is 36.9 Å². The van der Waals surface area contributed by atoms with Gasteiger partial charge in [0.15, 0.2) is 12.7 Å². The molecule has 0 heterocycles. The van der Waals surface area contributed by atoms with Crippen LogP contribution in [0.1, 0.15) is 12.0 Å². The second kappa shape index (κ2) is 11.3. The van der Waals surface area contributed by atoms with Gasteiger partial charge in [-0.1, -0.05) is 54.8 Å². The second-order valence-corrected chi connectivity index (χ2v) is 8.36. The van der Waals surface area contributed by atoms with Gasteiger partial charge in [-0.2, -0.15) is 22.0 Å². The maximum atomic E-state index is 12.9. The van der Waals surface area contributed by atoms with Gasteiger partial charge in [0.05, 0.1) is 0 Å². The van der Waals surface area contributed by atoms with E-state index in [4.69, 9.17) is 11.6 Å². The first kappa shape index (κ1) is 27.1. The molecular weight excluding hydrogens is 469 g/mol. The van der Waals surface area contributed by atoms with Crippen LogP contribution in [0.5, 0.6) is 0 Å². The lowest BCUT2D eigenvalue weighted by Gasteiger charge is -2.22. The van der Waals surface area contributed by atoms with Crippen molar-refractivity contribution in [1.82, 2.24) is 0 Å². The van der Waals surface area contributed by atoms with Gasteiger partial charge in [0.2, 0.25) is 0 Å². The third-order valence-corrected chi connectivity index (χ3v) is 5.18. The van der Waals surface area contributed by atoms with Crippen molar-refractivity contribution in [1.29, 1.82) is 0 Å². The number of carbonyl (C=O) groups is 1. The first-order valence-corrected chi connectivity index (χ1v) is 10.5. The first-order chi connectivity index (χ1) is 15.3. The molecule has 0 unspecified atom stereocenters. The molecule has 4 nitrogen and oxygen atoms in total. The average molecular weight is 493 g/mol. The molecule has 0 spiro atoms. The largest absolute Gasteiger partial charge is 0.457 e. The highest BCUT2D eigenvalue weighted by atomic mass is 35.5. The first-order valence-electron chi connectivity index (χ1n) is 10.1. The third kappa shape index (κ3) is 8.28. The number of halogens is 6. The lowest BCUT2D eigenvalue weighted by atomic mass is 9.62. The van der Waals surface area contributed by atoms with Crippen LogP contribution in [0.4, 0.5) is 22.0 Å². The number of aliphatic hydroxyl groups excluding tert-OH is 1. The normalized spacial score (nSPS) is 14.0. The van der Waals surface area contributed by atoms with Crippen LogP contribution in [0.15, 0.2) is 48.5 Å². The van der Waals surface area contributed by atoms with Crippen LogP contribution >= 0.6 is 11.6 Å². The number of aliphatic hydroxyl groups is 1. The van der Waals surface area contributed by atoms with E-state index in [1.165, 1.54) is 6.82 Å².